The van der Waals surface area contributed by atoms with E-state index in [0.29, 0.717) is 6.42 Å². The molecular weight excluding hydrogens is 278 g/mol. The van der Waals surface area contributed by atoms with Crippen LogP contribution < -0.4 is 5.73 Å². The summed E-state index contributed by atoms with van der Waals surface area (Å²) in [5, 5.41) is 17.9. The first-order valence-corrected chi connectivity index (χ1v) is 9.26. The summed E-state index contributed by atoms with van der Waals surface area (Å²) >= 11 is 0. The fourth-order valence-corrected chi connectivity index (χ4v) is 2.74. The molecule has 4 nitrogen and oxygen atoms in total. The number of carboxylic acids is 1. The molecule has 0 radical (unpaired) electrons. The van der Waals surface area contributed by atoms with Crippen LogP contribution in [0.2, 0.25) is 0 Å². The van der Waals surface area contributed by atoms with Gasteiger partial charge in [0, 0.05) is 6.04 Å². The monoisotopic (exact) mass is 315 g/mol. The van der Waals surface area contributed by atoms with E-state index in [4.69, 9.17) is 10.8 Å². The van der Waals surface area contributed by atoms with Crippen molar-refractivity contribution < 1.29 is 15.0 Å². The maximum Gasteiger partial charge on any atom is 0.334 e. The summed E-state index contributed by atoms with van der Waals surface area (Å²) in [4.78, 5) is 10.5. The van der Waals surface area contributed by atoms with Crippen LogP contribution in [0.1, 0.15) is 96.8 Å². The number of hydrogen-bond donors (Lipinski definition) is 3. The quantitative estimate of drug-likeness (QED) is 0.372. The minimum absolute atomic E-state index is 0.589. The van der Waals surface area contributed by atoms with Gasteiger partial charge in [-0.2, -0.15) is 0 Å². The third-order valence-corrected chi connectivity index (χ3v) is 4.30. The maximum absolute atomic E-state index is 10.5. The molecule has 0 aliphatic heterocycles. The smallest absolute Gasteiger partial charge is 0.334 e. The lowest BCUT2D eigenvalue weighted by atomic mass is 10.0. The average Bonchev–Trinajstić information content (AvgIpc) is 2.50. The summed E-state index contributed by atoms with van der Waals surface area (Å²) in [6, 6.07) is -0.634. The van der Waals surface area contributed by atoms with E-state index in [2.05, 4.69) is 6.92 Å². The molecule has 0 aliphatic rings. The van der Waals surface area contributed by atoms with Crippen LogP contribution in [0.15, 0.2) is 0 Å². The number of carboxylic acid groups (broad SMARTS) is 1. The number of carbonyl (C=O) groups is 1. The lowest BCUT2D eigenvalue weighted by Crippen LogP contribution is -2.40. The third kappa shape index (κ3) is 13.1. The van der Waals surface area contributed by atoms with Crippen molar-refractivity contribution in [1.29, 1.82) is 0 Å². The second-order valence-electron chi connectivity index (χ2n) is 6.48. The maximum atomic E-state index is 10.5. The predicted octanol–water partition coefficient (Wildman–Crippen LogP) is 4.24. The molecule has 4 N–H and O–H groups in total. The SMILES string of the molecule is CCCCCCCCCCCCCCCC(N)C(O)C(=O)O. The Hall–Kier alpha value is -0.610. The van der Waals surface area contributed by atoms with E-state index in [1.807, 2.05) is 0 Å². The molecule has 0 aromatic heterocycles. The molecule has 0 fully saturated rings. The standard InChI is InChI=1S/C18H37NO3/c1-2-3-4-5-6-7-8-9-10-11-12-13-14-15-16(19)17(20)18(21)22/h16-17,20H,2-15,19H2,1H3,(H,21,22). The second kappa shape index (κ2) is 15.3. The number of rotatable bonds is 16. The van der Waals surface area contributed by atoms with E-state index < -0.39 is 18.1 Å². The van der Waals surface area contributed by atoms with Gasteiger partial charge in [0.05, 0.1) is 0 Å². The number of hydrogen-bond acceptors (Lipinski definition) is 3. The Kier molecular flexibility index (Phi) is 14.9. The number of unbranched alkanes of at least 4 members (excludes halogenated alkanes) is 12. The van der Waals surface area contributed by atoms with Crippen molar-refractivity contribution in [2.24, 2.45) is 5.73 Å². The largest absolute Gasteiger partial charge is 0.479 e. The molecule has 22 heavy (non-hydrogen) atoms. The van der Waals surface area contributed by atoms with Gasteiger partial charge in [-0.1, -0.05) is 90.4 Å². The molecule has 4 heteroatoms. The zero-order chi connectivity index (χ0) is 16.6. The Morgan fingerprint density at radius 3 is 1.55 bits per heavy atom. The molecule has 2 atom stereocenters. The fourth-order valence-electron chi connectivity index (χ4n) is 2.74. The molecular formula is C18H37NO3. The van der Waals surface area contributed by atoms with Crippen molar-refractivity contribution in [3.8, 4) is 0 Å². The lowest BCUT2D eigenvalue weighted by molar-refractivity contribution is -0.147. The number of aliphatic carboxylic acids is 1. The van der Waals surface area contributed by atoms with Crippen LogP contribution in [0.5, 0.6) is 0 Å². The van der Waals surface area contributed by atoms with Gasteiger partial charge in [-0.25, -0.2) is 4.79 Å². The highest BCUT2D eigenvalue weighted by Gasteiger charge is 2.21. The summed E-state index contributed by atoms with van der Waals surface area (Å²) < 4.78 is 0. The summed E-state index contributed by atoms with van der Waals surface area (Å²) in [5.41, 5.74) is 5.63. The highest BCUT2D eigenvalue weighted by molar-refractivity contribution is 5.72. The summed E-state index contributed by atoms with van der Waals surface area (Å²) in [6.45, 7) is 2.25. The van der Waals surface area contributed by atoms with E-state index in [1.165, 1.54) is 70.6 Å². The van der Waals surface area contributed by atoms with Gasteiger partial charge in [0.2, 0.25) is 0 Å². The van der Waals surface area contributed by atoms with E-state index in [0.717, 1.165) is 12.8 Å². The van der Waals surface area contributed by atoms with E-state index >= 15 is 0 Å². The molecule has 0 aliphatic carbocycles. The topological polar surface area (TPSA) is 83.5 Å². The summed E-state index contributed by atoms with van der Waals surface area (Å²) in [6.07, 6.45) is 15.9. The van der Waals surface area contributed by atoms with Gasteiger partial charge in [-0.3, -0.25) is 0 Å². The molecule has 0 aromatic carbocycles. The van der Waals surface area contributed by atoms with Gasteiger partial charge in [0.15, 0.2) is 6.10 Å². The highest BCUT2D eigenvalue weighted by Crippen LogP contribution is 2.13. The van der Waals surface area contributed by atoms with Crippen LogP contribution in [0, 0.1) is 0 Å². The molecule has 0 saturated carbocycles. The first-order chi connectivity index (χ1) is 10.6. The third-order valence-electron chi connectivity index (χ3n) is 4.30. The van der Waals surface area contributed by atoms with Crippen molar-refractivity contribution in [2.75, 3.05) is 0 Å². The molecule has 0 amide bonds. The zero-order valence-corrected chi connectivity index (χ0v) is 14.4. The van der Waals surface area contributed by atoms with Crippen LogP contribution in [0.25, 0.3) is 0 Å². The van der Waals surface area contributed by atoms with Crippen LogP contribution in [-0.4, -0.2) is 28.3 Å². The van der Waals surface area contributed by atoms with Gasteiger partial charge in [-0.15, -0.1) is 0 Å². The first kappa shape index (κ1) is 21.4. The average molecular weight is 315 g/mol. The molecule has 0 saturated heterocycles. The van der Waals surface area contributed by atoms with Crippen molar-refractivity contribution in [3.63, 3.8) is 0 Å². The van der Waals surface area contributed by atoms with Crippen molar-refractivity contribution in [3.05, 3.63) is 0 Å². The van der Waals surface area contributed by atoms with E-state index in [1.54, 1.807) is 0 Å². The molecule has 0 spiro atoms. The second-order valence-corrected chi connectivity index (χ2v) is 6.48. The Morgan fingerprint density at radius 2 is 1.18 bits per heavy atom. The Morgan fingerprint density at radius 1 is 0.818 bits per heavy atom. The highest BCUT2D eigenvalue weighted by atomic mass is 16.4. The van der Waals surface area contributed by atoms with Crippen LogP contribution in [0.3, 0.4) is 0 Å². The van der Waals surface area contributed by atoms with Gasteiger partial charge in [0.1, 0.15) is 0 Å². The normalized spacial score (nSPS) is 14.0. The van der Waals surface area contributed by atoms with Gasteiger partial charge in [-0.05, 0) is 6.42 Å². The summed E-state index contributed by atoms with van der Waals surface area (Å²) in [5.74, 6) is -1.22. The minimum Gasteiger partial charge on any atom is -0.479 e. The van der Waals surface area contributed by atoms with Crippen molar-refractivity contribution in [1.82, 2.24) is 0 Å². The number of aliphatic hydroxyl groups excluding tert-OH is 1. The summed E-state index contributed by atoms with van der Waals surface area (Å²) in [7, 11) is 0. The van der Waals surface area contributed by atoms with E-state index in [9.17, 15) is 9.90 Å². The van der Waals surface area contributed by atoms with Gasteiger partial charge >= 0.3 is 5.97 Å². The van der Waals surface area contributed by atoms with Crippen molar-refractivity contribution in [2.45, 2.75) is 109 Å². The van der Waals surface area contributed by atoms with Crippen LogP contribution in [0.4, 0.5) is 0 Å². The lowest BCUT2D eigenvalue weighted by Gasteiger charge is -2.14. The zero-order valence-electron chi connectivity index (χ0n) is 14.4. The molecule has 0 rings (SSSR count). The van der Waals surface area contributed by atoms with Crippen molar-refractivity contribution >= 4 is 5.97 Å². The molecule has 0 aromatic rings. The molecule has 132 valence electrons. The Bertz CT molecular complexity index is 259. The molecule has 0 bridgehead atoms. The van der Waals surface area contributed by atoms with Gasteiger partial charge in [0.25, 0.3) is 0 Å². The number of nitrogens with two attached hydrogens (primary N) is 1. The molecule has 0 heterocycles. The molecule has 2 unspecified atom stereocenters. The fraction of sp³-hybridized carbons (Fsp3) is 0.944. The first-order valence-electron chi connectivity index (χ1n) is 9.26. The van der Waals surface area contributed by atoms with E-state index in [-0.39, 0.29) is 0 Å². The van der Waals surface area contributed by atoms with Crippen LogP contribution >= 0.6 is 0 Å². The predicted molar refractivity (Wildman–Crippen MR) is 91.9 cm³/mol. The van der Waals surface area contributed by atoms with Gasteiger partial charge < -0.3 is 15.9 Å². The van der Waals surface area contributed by atoms with Crippen LogP contribution in [-0.2, 0) is 4.79 Å². The minimum atomic E-state index is -1.42. The Balaban J connectivity index is 3.19. The number of aliphatic hydroxyl groups is 1. The Labute approximate surface area is 136 Å².